The maximum atomic E-state index is 5.79. The summed E-state index contributed by atoms with van der Waals surface area (Å²) in [6.45, 7) is 5.53. The standard InChI is InChI=1S/C16H24N4O2/c1-11(2)10-20-14(13(9-17)18-19-20)7-12-5-6-15(21-3)16(8-12)22-4/h5-6,8,11H,7,9-10,17H2,1-4H3. The van der Waals surface area contributed by atoms with Crippen molar-refractivity contribution in [2.75, 3.05) is 14.2 Å². The maximum Gasteiger partial charge on any atom is 0.160 e. The summed E-state index contributed by atoms with van der Waals surface area (Å²) < 4.78 is 12.6. The molecule has 0 amide bonds. The first kappa shape index (κ1) is 16.3. The zero-order valence-corrected chi connectivity index (χ0v) is 13.7. The number of hydrogen-bond donors (Lipinski definition) is 1. The average Bonchev–Trinajstić information content (AvgIpc) is 2.88. The van der Waals surface area contributed by atoms with Crippen LogP contribution < -0.4 is 15.2 Å². The molecule has 120 valence electrons. The van der Waals surface area contributed by atoms with Crippen LogP contribution in [0.5, 0.6) is 11.5 Å². The van der Waals surface area contributed by atoms with Crippen LogP contribution in [0.25, 0.3) is 0 Å². The minimum atomic E-state index is 0.390. The van der Waals surface area contributed by atoms with Gasteiger partial charge in [-0.15, -0.1) is 5.10 Å². The van der Waals surface area contributed by atoms with E-state index >= 15 is 0 Å². The van der Waals surface area contributed by atoms with Crippen LogP contribution >= 0.6 is 0 Å². The van der Waals surface area contributed by atoms with Crippen molar-refractivity contribution >= 4 is 0 Å². The molecule has 0 saturated heterocycles. The molecule has 1 heterocycles. The van der Waals surface area contributed by atoms with Crippen molar-refractivity contribution in [1.82, 2.24) is 15.0 Å². The topological polar surface area (TPSA) is 75.2 Å². The maximum absolute atomic E-state index is 5.79. The lowest BCUT2D eigenvalue weighted by atomic mass is 10.1. The second-order valence-electron chi connectivity index (χ2n) is 5.63. The van der Waals surface area contributed by atoms with E-state index in [1.807, 2.05) is 22.9 Å². The number of rotatable bonds is 7. The Hall–Kier alpha value is -2.08. The summed E-state index contributed by atoms with van der Waals surface area (Å²) in [5.74, 6) is 1.94. The Kier molecular flexibility index (Phi) is 5.38. The highest BCUT2D eigenvalue weighted by Gasteiger charge is 2.14. The van der Waals surface area contributed by atoms with Crippen molar-refractivity contribution < 1.29 is 9.47 Å². The largest absolute Gasteiger partial charge is 0.493 e. The predicted molar refractivity (Wildman–Crippen MR) is 85.1 cm³/mol. The average molecular weight is 304 g/mol. The van der Waals surface area contributed by atoms with Gasteiger partial charge < -0.3 is 15.2 Å². The third kappa shape index (κ3) is 3.57. The molecule has 2 N–H and O–H groups in total. The van der Waals surface area contributed by atoms with Gasteiger partial charge >= 0.3 is 0 Å². The Bertz CT molecular complexity index is 623. The van der Waals surface area contributed by atoms with Crippen LogP contribution in [-0.4, -0.2) is 29.2 Å². The Morgan fingerprint density at radius 3 is 2.50 bits per heavy atom. The summed E-state index contributed by atoms with van der Waals surface area (Å²) in [5.41, 5.74) is 8.80. The first-order chi connectivity index (χ1) is 10.6. The van der Waals surface area contributed by atoms with Gasteiger partial charge in [-0.05, 0) is 23.6 Å². The molecule has 0 aliphatic rings. The zero-order chi connectivity index (χ0) is 16.1. The lowest BCUT2D eigenvalue weighted by molar-refractivity contribution is 0.354. The van der Waals surface area contributed by atoms with Crippen molar-refractivity contribution in [2.24, 2.45) is 11.7 Å². The van der Waals surface area contributed by atoms with Gasteiger partial charge in [-0.2, -0.15) is 0 Å². The van der Waals surface area contributed by atoms with Crippen molar-refractivity contribution in [3.8, 4) is 11.5 Å². The van der Waals surface area contributed by atoms with Crippen LogP contribution in [0.4, 0.5) is 0 Å². The molecule has 1 aromatic heterocycles. The molecule has 0 aliphatic heterocycles. The second-order valence-corrected chi connectivity index (χ2v) is 5.63. The molecule has 0 saturated carbocycles. The van der Waals surface area contributed by atoms with Gasteiger partial charge in [0, 0.05) is 19.5 Å². The summed E-state index contributed by atoms with van der Waals surface area (Å²) in [6.07, 6.45) is 0.715. The molecule has 2 aromatic rings. The van der Waals surface area contributed by atoms with Crippen LogP contribution in [0.15, 0.2) is 18.2 Å². The van der Waals surface area contributed by atoms with Crippen LogP contribution in [0.3, 0.4) is 0 Å². The fourth-order valence-electron chi connectivity index (χ4n) is 2.40. The molecule has 0 spiro atoms. The highest BCUT2D eigenvalue weighted by atomic mass is 16.5. The normalized spacial score (nSPS) is 11.0. The predicted octanol–water partition coefficient (Wildman–Crippen LogP) is 2.00. The van der Waals surface area contributed by atoms with Crippen molar-refractivity contribution in [3.05, 3.63) is 35.2 Å². The van der Waals surface area contributed by atoms with Gasteiger partial charge in [0.25, 0.3) is 0 Å². The second kappa shape index (κ2) is 7.26. The minimum absolute atomic E-state index is 0.390. The summed E-state index contributed by atoms with van der Waals surface area (Å²) in [4.78, 5) is 0. The van der Waals surface area contributed by atoms with Crippen LogP contribution in [-0.2, 0) is 19.5 Å². The number of aromatic nitrogens is 3. The molecule has 0 bridgehead atoms. The van der Waals surface area contributed by atoms with Crippen molar-refractivity contribution in [3.63, 3.8) is 0 Å². The third-order valence-corrected chi connectivity index (χ3v) is 3.47. The van der Waals surface area contributed by atoms with Gasteiger partial charge in [0.1, 0.15) is 0 Å². The van der Waals surface area contributed by atoms with Crippen LogP contribution in [0.2, 0.25) is 0 Å². The van der Waals surface area contributed by atoms with E-state index < -0.39 is 0 Å². The Morgan fingerprint density at radius 2 is 1.91 bits per heavy atom. The summed E-state index contributed by atoms with van der Waals surface area (Å²) in [7, 11) is 3.27. The highest BCUT2D eigenvalue weighted by Crippen LogP contribution is 2.28. The SMILES string of the molecule is COc1ccc(Cc2c(CN)nnn2CC(C)C)cc1OC. The number of methoxy groups -OCH3 is 2. The molecule has 1 aromatic carbocycles. The Balaban J connectivity index is 2.31. The van der Waals surface area contributed by atoms with E-state index in [0.29, 0.717) is 18.9 Å². The molecule has 0 radical (unpaired) electrons. The molecule has 0 fully saturated rings. The first-order valence-electron chi connectivity index (χ1n) is 7.41. The number of benzene rings is 1. The van der Waals surface area contributed by atoms with E-state index in [1.165, 1.54) is 0 Å². The van der Waals surface area contributed by atoms with Gasteiger partial charge in [-0.3, -0.25) is 0 Å². The fourth-order valence-corrected chi connectivity index (χ4v) is 2.40. The molecular formula is C16H24N4O2. The van der Waals surface area contributed by atoms with Crippen molar-refractivity contribution in [2.45, 2.75) is 33.4 Å². The lowest BCUT2D eigenvalue weighted by Crippen LogP contribution is -2.12. The van der Waals surface area contributed by atoms with E-state index in [-0.39, 0.29) is 0 Å². The quantitative estimate of drug-likeness (QED) is 0.847. The van der Waals surface area contributed by atoms with Gasteiger partial charge in [0.15, 0.2) is 11.5 Å². The molecule has 6 nitrogen and oxygen atoms in total. The number of ether oxygens (including phenoxy) is 2. The highest BCUT2D eigenvalue weighted by molar-refractivity contribution is 5.44. The first-order valence-corrected chi connectivity index (χ1v) is 7.41. The van der Waals surface area contributed by atoms with Gasteiger partial charge in [-0.25, -0.2) is 4.68 Å². The fraction of sp³-hybridized carbons (Fsp3) is 0.500. The molecule has 0 atom stereocenters. The van der Waals surface area contributed by atoms with Crippen LogP contribution in [0.1, 0.15) is 30.8 Å². The van der Waals surface area contributed by atoms with E-state index in [2.05, 4.69) is 24.2 Å². The number of hydrogen-bond acceptors (Lipinski definition) is 5. The van der Waals surface area contributed by atoms with E-state index in [1.54, 1.807) is 14.2 Å². The minimum Gasteiger partial charge on any atom is -0.493 e. The Morgan fingerprint density at radius 1 is 1.18 bits per heavy atom. The molecule has 0 aliphatic carbocycles. The molecule has 0 unspecified atom stereocenters. The van der Waals surface area contributed by atoms with E-state index in [4.69, 9.17) is 15.2 Å². The molecule has 2 rings (SSSR count). The third-order valence-electron chi connectivity index (χ3n) is 3.47. The number of nitrogens with two attached hydrogens (primary N) is 1. The smallest absolute Gasteiger partial charge is 0.160 e. The lowest BCUT2D eigenvalue weighted by Gasteiger charge is -2.12. The Labute approximate surface area is 131 Å². The molecular weight excluding hydrogens is 280 g/mol. The molecule has 6 heteroatoms. The molecule has 22 heavy (non-hydrogen) atoms. The monoisotopic (exact) mass is 304 g/mol. The summed E-state index contributed by atoms with van der Waals surface area (Å²) in [6, 6.07) is 5.91. The van der Waals surface area contributed by atoms with Crippen LogP contribution in [0, 0.1) is 5.92 Å². The van der Waals surface area contributed by atoms with E-state index in [9.17, 15) is 0 Å². The summed E-state index contributed by atoms with van der Waals surface area (Å²) in [5, 5.41) is 8.42. The van der Waals surface area contributed by atoms with E-state index in [0.717, 1.165) is 35.0 Å². The van der Waals surface area contributed by atoms with Crippen molar-refractivity contribution in [1.29, 1.82) is 0 Å². The van der Waals surface area contributed by atoms with Gasteiger partial charge in [-0.1, -0.05) is 25.1 Å². The summed E-state index contributed by atoms with van der Waals surface area (Å²) >= 11 is 0. The van der Waals surface area contributed by atoms with Gasteiger partial charge in [0.05, 0.1) is 25.6 Å². The zero-order valence-electron chi connectivity index (χ0n) is 13.7. The number of nitrogens with zero attached hydrogens (tertiary/aromatic N) is 3. The van der Waals surface area contributed by atoms with Gasteiger partial charge in [0.2, 0.25) is 0 Å².